The third kappa shape index (κ3) is 3.51. The lowest BCUT2D eigenvalue weighted by atomic mass is 10.0. The topological polar surface area (TPSA) is 55.8 Å². The molecule has 0 radical (unpaired) electrons. The number of amides is 1. The summed E-state index contributed by atoms with van der Waals surface area (Å²) in [7, 11) is 0. The summed E-state index contributed by atoms with van der Waals surface area (Å²) in [4.78, 5) is 17.1. The first kappa shape index (κ1) is 15.7. The van der Waals surface area contributed by atoms with E-state index in [1.807, 2.05) is 18.7 Å². The second-order valence-electron chi connectivity index (χ2n) is 6.23. The normalized spacial score (nSPS) is 25.3. The molecule has 0 aromatic rings. The average molecular weight is 283 g/mol. The molecular weight excluding hydrogens is 254 g/mol. The molecule has 2 N–H and O–H groups in total. The van der Waals surface area contributed by atoms with Gasteiger partial charge >= 0.3 is 0 Å². The maximum absolute atomic E-state index is 12.8. The summed E-state index contributed by atoms with van der Waals surface area (Å²) in [5, 5.41) is 12.6. The molecule has 0 spiro atoms. The number of aliphatic hydroxyl groups is 1. The zero-order valence-electron chi connectivity index (χ0n) is 12.8. The Labute approximate surface area is 122 Å². The quantitative estimate of drug-likeness (QED) is 0.768. The monoisotopic (exact) mass is 283 g/mol. The second kappa shape index (κ2) is 7.38. The van der Waals surface area contributed by atoms with Crippen LogP contribution in [0.5, 0.6) is 0 Å². The fourth-order valence-electron chi connectivity index (χ4n) is 3.55. The maximum Gasteiger partial charge on any atom is 0.240 e. The molecule has 1 atom stereocenters. The van der Waals surface area contributed by atoms with Crippen LogP contribution in [0, 0.1) is 0 Å². The lowest BCUT2D eigenvalue weighted by Crippen LogP contribution is -2.53. The number of aliphatic hydroxyl groups excluding tert-OH is 1. The number of rotatable bonds is 5. The summed E-state index contributed by atoms with van der Waals surface area (Å²) in [5.74, 6) is 0.213. The van der Waals surface area contributed by atoms with Crippen molar-refractivity contribution >= 4 is 5.91 Å². The number of hydrogen-bond acceptors (Lipinski definition) is 4. The van der Waals surface area contributed by atoms with Gasteiger partial charge in [-0.15, -0.1) is 0 Å². The first-order valence-corrected chi connectivity index (χ1v) is 8.03. The van der Waals surface area contributed by atoms with Gasteiger partial charge in [0.25, 0.3) is 0 Å². The molecule has 2 heterocycles. The number of hydrogen-bond donors (Lipinski definition) is 2. The van der Waals surface area contributed by atoms with E-state index in [-0.39, 0.29) is 24.6 Å². The van der Waals surface area contributed by atoms with Crippen LogP contribution in [0.3, 0.4) is 0 Å². The van der Waals surface area contributed by atoms with E-state index in [0.29, 0.717) is 12.6 Å². The molecule has 0 bridgehead atoms. The molecule has 20 heavy (non-hydrogen) atoms. The first-order valence-electron chi connectivity index (χ1n) is 8.03. The second-order valence-corrected chi connectivity index (χ2v) is 6.23. The van der Waals surface area contributed by atoms with Crippen LogP contribution in [-0.4, -0.2) is 71.7 Å². The molecule has 2 aliphatic rings. The van der Waals surface area contributed by atoms with Crippen LogP contribution in [0.25, 0.3) is 0 Å². The standard InChI is InChI=1S/C15H29N3O2/c1-12(2)17(10-11-19)15(20)14-4-3-9-18(14)13-5-7-16-8-6-13/h12-14,16,19H,3-11H2,1-2H3. The van der Waals surface area contributed by atoms with Crippen LogP contribution >= 0.6 is 0 Å². The predicted molar refractivity (Wildman–Crippen MR) is 79.6 cm³/mol. The lowest BCUT2D eigenvalue weighted by Gasteiger charge is -2.38. The molecule has 0 aromatic heterocycles. The third-order valence-electron chi connectivity index (χ3n) is 4.60. The third-order valence-corrected chi connectivity index (χ3v) is 4.60. The number of carbonyl (C=O) groups is 1. The Kier molecular flexibility index (Phi) is 5.81. The Balaban J connectivity index is 2.02. The van der Waals surface area contributed by atoms with Crippen molar-refractivity contribution in [1.29, 1.82) is 0 Å². The van der Waals surface area contributed by atoms with E-state index < -0.39 is 0 Å². The highest BCUT2D eigenvalue weighted by Gasteiger charge is 2.38. The summed E-state index contributed by atoms with van der Waals surface area (Å²) in [6.07, 6.45) is 4.37. The fraction of sp³-hybridized carbons (Fsp3) is 0.933. The van der Waals surface area contributed by atoms with Crippen molar-refractivity contribution in [3.8, 4) is 0 Å². The van der Waals surface area contributed by atoms with Crippen LogP contribution in [0.4, 0.5) is 0 Å². The van der Waals surface area contributed by atoms with Gasteiger partial charge in [0.05, 0.1) is 12.6 Å². The van der Waals surface area contributed by atoms with Gasteiger partial charge in [-0.25, -0.2) is 0 Å². The highest BCUT2D eigenvalue weighted by Crippen LogP contribution is 2.26. The lowest BCUT2D eigenvalue weighted by molar-refractivity contribution is -0.139. The van der Waals surface area contributed by atoms with E-state index in [4.69, 9.17) is 0 Å². The van der Waals surface area contributed by atoms with Gasteiger partial charge in [-0.05, 0) is 59.2 Å². The molecule has 5 nitrogen and oxygen atoms in total. The van der Waals surface area contributed by atoms with E-state index in [2.05, 4.69) is 10.2 Å². The minimum Gasteiger partial charge on any atom is -0.395 e. The van der Waals surface area contributed by atoms with Gasteiger partial charge in [-0.2, -0.15) is 0 Å². The van der Waals surface area contributed by atoms with E-state index in [9.17, 15) is 9.90 Å². The fourth-order valence-corrected chi connectivity index (χ4v) is 3.55. The first-order chi connectivity index (χ1) is 9.65. The zero-order chi connectivity index (χ0) is 14.5. The molecule has 0 aliphatic carbocycles. The van der Waals surface area contributed by atoms with Crippen molar-refractivity contribution in [2.75, 3.05) is 32.8 Å². The van der Waals surface area contributed by atoms with Crippen LogP contribution in [0.15, 0.2) is 0 Å². The van der Waals surface area contributed by atoms with Crippen molar-refractivity contribution in [2.24, 2.45) is 0 Å². The largest absolute Gasteiger partial charge is 0.395 e. The molecule has 116 valence electrons. The highest BCUT2D eigenvalue weighted by atomic mass is 16.3. The van der Waals surface area contributed by atoms with E-state index in [1.165, 1.54) is 0 Å². The number of piperidine rings is 1. The molecule has 0 aromatic carbocycles. The summed E-state index contributed by atoms with van der Waals surface area (Å²) in [5.41, 5.74) is 0. The molecular formula is C15H29N3O2. The van der Waals surface area contributed by atoms with Gasteiger partial charge in [-0.3, -0.25) is 9.69 Å². The van der Waals surface area contributed by atoms with Crippen molar-refractivity contribution in [3.05, 3.63) is 0 Å². The van der Waals surface area contributed by atoms with Gasteiger partial charge < -0.3 is 15.3 Å². The number of likely N-dealkylation sites (tertiary alicyclic amines) is 1. The Morgan fingerprint density at radius 1 is 1.35 bits per heavy atom. The number of nitrogens with one attached hydrogen (secondary N) is 1. The van der Waals surface area contributed by atoms with Gasteiger partial charge in [0.1, 0.15) is 0 Å². The van der Waals surface area contributed by atoms with Crippen molar-refractivity contribution in [2.45, 2.75) is 57.7 Å². The maximum atomic E-state index is 12.8. The average Bonchev–Trinajstić information content (AvgIpc) is 2.94. The zero-order valence-corrected chi connectivity index (χ0v) is 12.8. The Bertz CT molecular complexity index is 316. The Hall–Kier alpha value is -0.650. The van der Waals surface area contributed by atoms with Crippen molar-refractivity contribution in [3.63, 3.8) is 0 Å². The highest BCUT2D eigenvalue weighted by molar-refractivity contribution is 5.82. The number of nitrogens with zero attached hydrogens (tertiary/aromatic N) is 2. The van der Waals surface area contributed by atoms with Crippen molar-refractivity contribution < 1.29 is 9.90 Å². The van der Waals surface area contributed by atoms with Gasteiger partial charge in [0, 0.05) is 18.6 Å². The minimum absolute atomic E-state index is 0.0343. The van der Waals surface area contributed by atoms with Crippen LogP contribution in [-0.2, 0) is 4.79 Å². The molecule has 1 unspecified atom stereocenters. The molecule has 1 amide bonds. The molecule has 2 saturated heterocycles. The van der Waals surface area contributed by atoms with Crippen LogP contribution in [0.1, 0.15) is 39.5 Å². The van der Waals surface area contributed by atoms with Crippen LogP contribution in [0.2, 0.25) is 0 Å². The summed E-state index contributed by atoms with van der Waals surface area (Å²) >= 11 is 0. The molecule has 2 aliphatic heterocycles. The van der Waals surface area contributed by atoms with Crippen molar-refractivity contribution in [1.82, 2.24) is 15.1 Å². The van der Waals surface area contributed by atoms with Crippen LogP contribution < -0.4 is 5.32 Å². The van der Waals surface area contributed by atoms with E-state index >= 15 is 0 Å². The van der Waals surface area contributed by atoms with Gasteiger partial charge in [0.15, 0.2) is 0 Å². The van der Waals surface area contributed by atoms with Gasteiger partial charge in [-0.1, -0.05) is 0 Å². The van der Waals surface area contributed by atoms with Gasteiger partial charge in [0.2, 0.25) is 5.91 Å². The Morgan fingerprint density at radius 3 is 2.65 bits per heavy atom. The molecule has 5 heteroatoms. The molecule has 2 fully saturated rings. The molecule has 2 rings (SSSR count). The van der Waals surface area contributed by atoms with E-state index in [0.717, 1.165) is 45.3 Å². The smallest absolute Gasteiger partial charge is 0.240 e. The summed E-state index contributed by atoms with van der Waals surface area (Å²) in [6, 6.07) is 0.744. The summed E-state index contributed by atoms with van der Waals surface area (Å²) in [6.45, 7) is 7.72. The number of carbonyl (C=O) groups excluding carboxylic acids is 1. The Morgan fingerprint density at radius 2 is 2.05 bits per heavy atom. The predicted octanol–water partition coefficient (Wildman–Crippen LogP) is 0.432. The molecule has 0 saturated carbocycles. The summed E-state index contributed by atoms with van der Waals surface area (Å²) < 4.78 is 0. The SMILES string of the molecule is CC(C)N(CCO)C(=O)C1CCCN1C1CCNCC1. The van der Waals surface area contributed by atoms with E-state index in [1.54, 1.807) is 0 Å². The minimum atomic E-state index is 0.0343.